The second kappa shape index (κ2) is 11.2. The fourth-order valence-electron chi connectivity index (χ4n) is 2.66. The average molecular weight is 392 g/mol. The van der Waals surface area contributed by atoms with Crippen LogP contribution in [0.15, 0.2) is 60.2 Å². The van der Waals surface area contributed by atoms with E-state index in [0.717, 1.165) is 12.8 Å². The zero-order valence-electron chi connectivity index (χ0n) is 16.5. The molecule has 2 N–H and O–H groups in total. The van der Waals surface area contributed by atoms with E-state index in [-0.39, 0.29) is 22.8 Å². The Hall–Kier alpha value is -3.72. The van der Waals surface area contributed by atoms with Crippen LogP contribution >= 0.6 is 0 Å². The molecule has 0 bridgehead atoms. The van der Waals surface area contributed by atoms with Gasteiger partial charge in [0, 0.05) is 6.54 Å². The Morgan fingerprint density at radius 1 is 1.17 bits per heavy atom. The predicted molar refractivity (Wildman–Crippen MR) is 112 cm³/mol. The van der Waals surface area contributed by atoms with Crippen LogP contribution in [0, 0.1) is 11.3 Å². The molecule has 0 saturated heterocycles. The van der Waals surface area contributed by atoms with Crippen LogP contribution in [0.5, 0.6) is 17.2 Å². The number of carbonyl (C=O) groups excluding carboxylic acids is 1. The van der Waals surface area contributed by atoms with Crippen LogP contribution < -0.4 is 14.8 Å². The number of ether oxygens (including phenoxy) is 2. The summed E-state index contributed by atoms with van der Waals surface area (Å²) in [7, 11) is 2.88. The number of phenols is 1. The van der Waals surface area contributed by atoms with Gasteiger partial charge in [-0.1, -0.05) is 42.5 Å². The Kier molecular flexibility index (Phi) is 8.33. The summed E-state index contributed by atoms with van der Waals surface area (Å²) in [6.07, 6.45) is 6.37. The Labute approximate surface area is 170 Å². The maximum atomic E-state index is 12.2. The molecule has 0 saturated carbocycles. The fourth-order valence-corrected chi connectivity index (χ4v) is 2.66. The van der Waals surface area contributed by atoms with Crippen LogP contribution in [-0.2, 0) is 11.2 Å². The molecule has 150 valence electrons. The molecule has 2 aromatic carbocycles. The highest BCUT2D eigenvalue weighted by atomic mass is 16.5. The lowest BCUT2D eigenvalue weighted by atomic mass is 10.1. The molecule has 0 radical (unpaired) electrons. The largest absolute Gasteiger partial charge is 0.502 e. The lowest BCUT2D eigenvalue weighted by Crippen LogP contribution is -2.25. The third kappa shape index (κ3) is 6.43. The molecule has 6 heteroatoms. The summed E-state index contributed by atoms with van der Waals surface area (Å²) in [5.74, 6) is 0.0376. The number of phenolic OH excluding ortho intramolecular Hbond substituents is 1. The molecular formula is C23H24N2O4. The van der Waals surface area contributed by atoms with Crippen molar-refractivity contribution in [1.29, 1.82) is 5.26 Å². The fraction of sp³-hybridized carbons (Fsp3) is 0.217. The molecule has 2 aromatic rings. The van der Waals surface area contributed by atoms with Gasteiger partial charge in [0.25, 0.3) is 5.91 Å². The van der Waals surface area contributed by atoms with Gasteiger partial charge in [0.1, 0.15) is 11.6 Å². The third-order valence-electron chi connectivity index (χ3n) is 4.19. The maximum absolute atomic E-state index is 12.2. The number of hydrogen-bond donors (Lipinski definition) is 2. The monoisotopic (exact) mass is 392 g/mol. The van der Waals surface area contributed by atoms with Crippen molar-refractivity contribution < 1.29 is 19.4 Å². The Morgan fingerprint density at radius 3 is 2.41 bits per heavy atom. The minimum atomic E-state index is -0.411. The number of methoxy groups -OCH3 is 2. The van der Waals surface area contributed by atoms with E-state index in [1.807, 2.05) is 36.4 Å². The first kappa shape index (κ1) is 21.6. The van der Waals surface area contributed by atoms with Crippen LogP contribution in [0.25, 0.3) is 6.08 Å². The predicted octanol–water partition coefficient (Wildman–Crippen LogP) is 3.62. The van der Waals surface area contributed by atoms with Gasteiger partial charge in [-0.15, -0.1) is 0 Å². The SMILES string of the molecule is COc1cc(C=CC=C(C#N)C(=O)NCCCc2ccccc2)cc(OC)c1O. The van der Waals surface area contributed by atoms with Crippen molar-refractivity contribution in [3.63, 3.8) is 0 Å². The van der Waals surface area contributed by atoms with Crippen LogP contribution in [-0.4, -0.2) is 31.8 Å². The second-order valence-corrected chi connectivity index (χ2v) is 6.17. The third-order valence-corrected chi connectivity index (χ3v) is 4.19. The smallest absolute Gasteiger partial charge is 0.261 e. The number of benzene rings is 2. The molecule has 0 aliphatic carbocycles. The summed E-state index contributed by atoms with van der Waals surface area (Å²) in [6.45, 7) is 0.489. The first-order valence-corrected chi connectivity index (χ1v) is 9.14. The molecule has 0 aromatic heterocycles. The highest BCUT2D eigenvalue weighted by Crippen LogP contribution is 2.37. The number of aryl methyl sites for hydroxylation is 1. The van der Waals surface area contributed by atoms with Gasteiger partial charge in [-0.25, -0.2) is 0 Å². The van der Waals surface area contributed by atoms with Crippen LogP contribution in [0.3, 0.4) is 0 Å². The molecule has 0 aliphatic heterocycles. The number of nitrogens with zero attached hydrogens (tertiary/aromatic N) is 1. The molecule has 0 heterocycles. The summed E-state index contributed by atoms with van der Waals surface area (Å²) >= 11 is 0. The standard InChI is InChI=1S/C23H24N2O4/c1-28-20-14-18(15-21(29-2)22(20)26)10-6-12-19(16-24)23(27)25-13-7-11-17-8-4-3-5-9-17/h3-6,8-10,12,14-15,26H,7,11,13H2,1-2H3,(H,25,27). The summed E-state index contributed by atoms with van der Waals surface area (Å²) in [4.78, 5) is 12.2. The number of aromatic hydroxyl groups is 1. The Bertz CT molecular complexity index is 903. The molecule has 0 spiro atoms. The highest BCUT2D eigenvalue weighted by Gasteiger charge is 2.10. The molecule has 0 aliphatic rings. The quantitative estimate of drug-likeness (QED) is 0.294. The molecule has 6 nitrogen and oxygen atoms in total. The van der Waals surface area contributed by atoms with Gasteiger partial charge in [-0.2, -0.15) is 5.26 Å². The number of rotatable bonds is 9. The van der Waals surface area contributed by atoms with Crippen molar-refractivity contribution in [2.24, 2.45) is 0 Å². The zero-order chi connectivity index (χ0) is 21.1. The van der Waals surface area contributed by atoms with Gasteiger partial charge in [0.15, 0.2) is 11.5 Å². The molecule has 2 rings (SSSR count). The van der Waals surface area contributed by atoms with E-state index < -0.39 is 5.91 Å². The normalized spacial score (nSPS) is 11.1. The number of carbonyl (C=O) groups is 1. The van der Waals surface area contributed by atoms with E-state index >= 15 is 0 Å². The summed E-state index contributed by atoms with van der Waals surface area (Å²) < 4.78 is 10.2. The molecule has 0 atom stereocenters. The average Bonchev–Trinajstić information content (AvgIpc) is 2.75. The minimum absolute atomic E-state index is 0.0127. The van der Waals surface area contributed by atoms with E-state index in [0.29, 0.717) is 12.1 Å². The number of hydrogen-bond acceptors (Lipinski definition) is 5. The van der Waals surface area contributed by atoms with E-state index in [4.69, 9.17) is 9.47 Å². The lowest BCUT2D eigenvalue weighted by molar-refractivity contribution is -0.117. The van der Waals surface area contributed by atoms with Gasteiger partial charge >= 0.3 is 0 Å². The minimum Gasteiger partial charge on any atom is -0.502 e. The number of allylic oxidation sites excluding steroid dienone is 2. The summed E-state index contributed by atoms with van der Waals surface area (Å²) in [5.41, 5.74) is 1.91. The molecule has 1 amide bonds. The van der Waals surface area contributed by atoms with Crippen molar-refractivity contribution >= 4 is 12.0 Å². The van der Waals surface area contributed by atoms with E-state index in [2.05, 4.69) is 5.32 Å². The van der Waals surface area contributed by atoms with Gasteiger partial charge in [0.05, 0.1) is 14.2 Å². The van der Waals surface area contributed by atoms with Crippen molar-refractivity contribution in [2.75, 3.05) is 20.8 Å². The maximum Gasteiger partial charge on any atom is 0.261 e. The van der Waals surface area contributed by atoms with Crippen LogP contribution in [0.4, 0.5) is 0 Å². The second-order valence-electron chi connectivity index (χ2n) is 6.17. The number of nitriles is 1. The Morgan fingerprint density at radius 2 is 1.83 bits per heavy atom. The van der Waals surface area contributed by atoms with Crippen molar-refractivity contribution in [2.45, 2.75) is 12.8 Å². The molecule has 29 heavy (non-hydrogen) atoms. The first-order chi connectivity index (χ1) is 14.1. The van der Waals surface area contributed by atoms with E-state index in [1.54, 1.807) is 24.3 Å². The number of amides is 1. The molecular weight excluding hydrogens is 368 g/mol. The molecule has 0 unspecified atom stereocenters. The van der Waals surface area contributed by atoms with Gasteiger partial charge in [-0.05, 0) is 42.2 Å². The number of nitrogens with one attached hydrogen (secondary N) is 1. The molecule has 0 fully saturated rings. The van der Waals surface area contributed by atoms with Crippen molar-refractivity contribution in [3.8, 4) is 23.3 Å². The van der Waals surface area contributed by atoms with Gasteiger partial charge < -0.3 is 19.9 Å². The summed E-state index contributed by atoms with van der Waals surface area (Å²) in [5, 5.41) is 21.9. The highest BCUT2D eigenvalue weighted by molar-refractivity contribution is 5.97. The topological polar surface area (TPSA) is 91.6 Å². The Balaban J connectivity index is 1.95. The van der Waals surface area contributed by atoms with Crippen molar-refractivity contribution in [1.82, 2.24) is 5.32 Å². The van der Waals surface area contributed by atoms with E-state index in [9.17, 15) is 15.2 Å². The van der Waals surface area contributed by atoms with Crippen LogP contribution in [0.1, 0.15) is 17.5 Å². The zero-order valence-corrected chi connectivity index (χ0v) is 16.5. The lowest BCUT2D eigenvalue weighted by Gasteiger charge is -2.09. The van der Waals surface area contributed by atoms with Crippen molar-refractivity contribution in [3.05, 3.63) is 71.3 Å². The van der Waals surface area contributed by atoms with Gasteiger partial charge in [-0.3, -0.25) is 4.79 Å². The van der Waals surface area contributed by atoms with Gasteiger partial charge in [0.2, 0.25) is 5.75 Å². The summed E-state index contributed by atoms with van der Waals surface area (Å²) in [6, 6.07) is 15.2. The van der Waals surface area contributed by atoms with E-state index in [1.165, 1.54) is 25.9 Å². The van der Waals surface area contributed by atoms with Crippen LogP contribution in [0.2, 0.25) is 0 Å². The first-order valence-electron chi connectivity index (χ1n) is 9.14.